The quantitative estimate of drug-likeness (QED) is 0.931. The zero-order valence-corrected chi connectivity index (χ0v) is 13.1. The zero-order valence-electron chi connectivity index (χ0n) is 12.3. The topological polar surface area (TPSA) is 63.6 Å². The van der Waals surface area contributed by atoms with Crippen LogP contribution in [0.1, 0.15) is 44.6 Å². The first-order valence-corrected chi connectivity index (χ1v) is 9.25. The Labute approximate surface area is 126 Å². The molecule has 4 nitrogen and oxygen atoms in total. The Balaban J connectivity index is 1.93. The molecule has 2 heterocycles. The summed E-state index contributed by atoms with van der Waals surface area (Å²) in [5.41, 5.74) is -0.269. The van der Waals surface area contributed by atoms with Gasteiger partial charge in [0.15, 0.2) is 9.84 Å². The first-order chi connectivity index (χ1) is 9.95. The predicted molar refractivity (Wildman–Crippen MR) is 81.1 cm³/mol. The molecule has 2 aliphatic rings. The second-order valence-electron chi connectivity index (χ2n) is 6.16. The molecule has 2 aliphatic heterocycles. The highest BCUT2D eigenvalue weighted by Crippen LogP contribution is 2.46. The van der Waals surface area contributed by atoms with Gasteiger partial charge in [-0.15, -0.1) is 0 Å². The maximum absolute atomic E-state index is 12.3. The Hall–Kier alpha value is -1.07. The van der Waals surface area contributed by atoms with Crippen LogP contribution in [0.2, 0.25) is 0 Å². The van der Waals surface area contributed by atoms with E-state index in [2.05, 4.69) is 0 Å². The number of sulfone groups is 1. The van der Waals surface area contributed by atoms with Gasteiger partial charge < -0.3 is 9.84 Å². The normalized spacial score (nSPS) is 34.4. The molecule has 0 radical (unpaired) electrons. The second-order valence-corrected chi connectivity index (χ2v) is 8.68. The summed E-state index contributed by atoms with van der Waals surface area (Å²) in [7, 11) is -3.06. The first kappa shape index (κ1) is 14.9. The Morgan fingerprint density at radius 3 is 2.57 bits per heavy atom. The van der Waals surface area contributed by atoms with Crippen molar-refractivity contribution in [3.8, 4) is 5.75 Å². The van der Waals surface area contributed by atoms with Crippen LogP contribution in [-0.4, -0.2) is 30.6 Å². The number of ether oxygens (including phenoxy) is 1. The third-order valence-corrected chi connectivity index (χ3v) is 7.46. The Bertz CT molecular complexity index is 603. The van der Waals surface area contributed by atoms with Gasteiger partial charge in [0.05, 0.1) is 22.7 Å². The fraction of sp³-hybridized carbons (Fsp3) is 0.625. The van der Waals surface area contributed by atoms with Gasteiger partial charge in [-0.2, -0.15) is 0 Å². The molecule has 2 bridgehead atoms. The fourth-order valence-corrected chi connectivity index (χ4v) is 6.28. The Morgan fingerprint density at radius 2 is 1.95 bits per heavy atom. The van der Waals surface area contributed by atoms with E-state index in [0.717, 1.165) is 17.7 Å². The molecule has 1 aromatic rings. The Kier molecular flexibility index (Phi) is 3.74. The molecule has 0 amide bonds. The lowest BCUT2D eigenvalue weighted by atomic mass is 9.80. The average Bonchev–Trinajstić information content (AvgIpc) is 2.41. The predicted octanol–water partition coefficient (Wildman–Crippen LogP) is 2.40. The molecule has 0 spiro atoms. The van der Waals surface area contributed by atoms with Crippen molar-refractivity contribution in [3.05, 3.63) is 29.8 Å². The van der Waals surface area contributed by atoms with Gasteiger partial charge in [-0.25, -0.2) is 8.42 Å². The zero-order chi connectivity index (χ0) is 15.1. The van der Waals surface area contributed by atoms with Crippen LogP contribution in [-0.2, 0) is 15.4 Å². The standard InChI is InChI=1S/C16H22O4S/c1-2-20-13-6-3-5-12(9-13)16(17)10-14-7-4-8-15(11-16)21(14,18)19/h3,5-6,9,14-15,17H,2,4,7-8,10-11H2,1H3. The maximum Gasteiger partial charge on any atom is 0.156 e. The summed E-state index contributed by atoms with van der Waals surface area (Å²) in [6.45, 7) is 2.49. The molecule has 2 fully saturated rings. The van der Waals surface area contributed by atoms with E-state index in [4.69, 9.17) is 4.74 Å². The first-order valence-electron chi connectivity index (χ1n) is 7.64. The average molecular weight is 310 g/mol. The van der Waals surface area contributed by atoms with Gasteiger partial charge in [0, 0.05) is 0 Å². The van der Waals surface area contributed by atoms with Gasteiger partial charge in [-0.3, -0.25) is 0 Å². The van der Waals surface area contributed by atoms with E-state index in [1.807, 2.05) is 31.2 Å². The van der Waals surface area contributed by atoms with E-state index < -0.39 is 25.9 Å². The van der Waals surface area contributed by atoms with Crippen LogP contribution in [0.15, 0.2) is 24.3 Å². The van der Waals surface area contributed by atoms with E-state index in [1.54, 1.807) is 0 Å². The van der Waals surface area contributed by atoms with Crippen LogP contribution in [0, 0.1) is 0 Å². The van der Waals surface area contributed by atoms with Crippen molar-refractivity contribution in [2.24, 2.45) is 0 Å². The van der Waals surface area contributed by atoms with Crippen molar-refractivity contribution in [1.29, 1.82) is 0 Å². The number of benzene rings is 1. The van der Waals surface area contributed by atoms with Crippen LogP contribution in [0.25, 0.3) is 0 Å². The molecule has 0 aromatic heterocycles. The third kappa shape index (κ3) is 2.57. The molecule has 5 heteroatoms. The molecule has 116 valence electrons. The van der Waals surface area contributed by atoms with Crippen molar-refractivity contribution in [3.63, 3.8) is 0 Å². The van der Waals surface area contributed by atoms with Gasteiger partial charge in [-0.05, 0) is 50.3 Å². The van der Waals surface area contributed by atoms with Crippen LogP contribution in [0.4, 0.5) is 0 Å². The highest BCUT2D eigenvalue weighted by molar-refractivity contribution is 7.92. The minimum Gasteiger partial charge on any atom is -0.494 e. The van der Waals surface area contributed by atoms with Crippen molar-refractivity contribution in [2.45, 2.75) is 55.1 Å². The maximum atomic E-state index is 12.3. The van der Waals surface area contributed by atoms with E-state index in [9.17, 15) is 13.5 Å². The molecule has 0 saturated carbocycles. The number of aliphatic hydroxyl groups is 1. The van der Waals surface area contributed by atoms with Gasteiger partial charge in [-0.1, -0.05) is 18.6 Å². The van der Waals surface area contributed by atoms with E-state index in [1.165, 1.54) is 0 Å². The minimum atomic E-state index is -3.06. The smallest absolute Gasteiger partial charge is 0.156 e. The molecule has 2 atom stereocenters. The van der Waals surface area contributed by atoms with Crippen molar-refractivity contribution in [2.75, 3.05) is 6.61 Å². The highest BCUT2D eigenvalue weighted by Gasteiger charge is 2.50. The van der Waals surface area contributed by atoms with Crippen molar-refractivity contribution in [1.82, 2.24) is 0 Å². The third-order valence-electron chi connectivity index (χ3n) is 4.79. The SMILES string of the molecule is CCOc1cccc(C2(O)CC3CCCC(C2)S3(=O)=O)c1. The molecule has 2 saturated heterocycles. The summed E-state index contributed by atoms with van der Waals surface area (Å²) in [6.07, 6.45) is 2.91. The number of hydrogen-bond acceptors (Lipinski definition) is 4. The molecule has 2 unspecified atom stereocenters. The lowest BCUT2D eigenvalue weighted by Crippen LogP contribution is -2.50. The van der Waals surface area contributed by atoms with E-state index >= 15 is 0 Å². The monoisotopic (exact) mass is 310 g/mol. The van der Waals surface area contributed by atoms with Crippen molar-refractivity contribution < 1.29 is 18.3 Å². The summed E-state index contributed by atoms with van der Waals surface area (Å²) in [5, 5.41) is 10.3. The molecular weight excluding hydrogens is 288 g/mol. The van der Waals surface area contributed by atoms with Crippen molar-refractivity contribution >= 4 is 9.84 Å². The Morgan fingerprint density at radius 1 is 1.29 bits per heavy atom. The van der Waals surface area contributed by atoms with Crippen LogP contribution in [0.3, 0.4) is 0 Å². The molecule has 0 aliphatic carbocycles. The lowest BCUT2D eigenvalue weighted by molar-refractivity contribution is 0.00481. The minimum absolute atomic E-state index is 0.307. The molecular formula is C16H22O4S. The van der Waals surface area contributed by atoms with Gasteiger partial charge in [0.25, 0.3) is 0 Å². The van der Waals surface area contributed by atoms with E-state index in [-0.39, 0.29) is 0 Å². The summed E-state index contributed by atoms with van der Waals surface area (Å²) in [5.74, 6) is 0.724. The van der Waals surface area contributed by atoms with Gasteiger partial charge in [0.2, 0.25) is 0 Å². The number of fused-ring (bicyclic) bond motifs is 2. The molecule has 3 rings (SSSR count). The van der Waals surface area contributed by atoms with Gasteiger partial charge in [0.1, 0.15) is 5.75 Å². The van der Waals surface area contributed by atoms with Crippen LogP contribution in [0.5, 0.6) is 5.75 Å². The number of rotatable bonds is 3. The summed E-state index contributed by atoms with van der Waals surface area (Å²) < 4.78 is 30.2. The molecule has 21 heavy (non-hydrogen) atoms. The molecule has 1 N–H and O–H groups in total. The van der Waals surface area contributed by atoms with Crippen LogP contribution >= 0.6 is 0 Å². The second kappa shape index (κ2) is 5.29. The van der Waals surface area contributed by atoms with E-state index in [0.29, 0.717) is 32.3 Å². The van der Waals surface area contributed by atoms with Gasteiger partial charge >= 0.3 is 0 Å². The van der Waals surface area contributed by atoms with Crippen LogP contribution < -0.4 is 4.74 Å². The molecule has 1 aromatic carbocycles. The lowest BCUT2D eigenvalue weighted by Gasteiger charge is -2.44. The largest absolute Gasteiger partial charge is 0.494 e. The number of hydrogen-bond donors (Lipinski definition) is 1. The summed E-state index contributed by atoms with van der Waals surface area (Å²) in [4.78, 5) is 0. The summed E-state index contributed by atoms with van der Waals surface area (Å²) in [6, 6.07) is 7.43. The fourth-order valence-electron chi connectivity index (χ4n) is 3.72. The summed E-state index contributed by atoms with van der Waals surface area (Å²) >= 11 is 0. The highest BCUT2D eigenvalue weighted by atomic mass is 32.2.